The van der Waals surface area contributed by atoms with E-state index in [9.17, 15) is 22.3 Å². The second kappa shape index (κ2) is 7.30. The summed E-state index contributed by atoms with van der Waals surface area (Å²) in [4.78, 5) is 0.277. The van der Waals surface area contributed by atoms with Crippen LogP contribution in [0.5, 0.6) is 0 Å². The van der Waals surface area contributed by atoms with Crippen molar-refractivity contribution in [3.63, 3.8) is 0 Å². The summed E-state index contributed by atoms with van der Waals surface area (Å²) >= 11 is 2.69. The quantitative estimate of drug-likeness (QED) is 0.663. The van der Waals surface area contributed by atoms with Crippen molar-refractivity contribution < 1.29 is 22.3 Å². The van der Waals surface area contributed by atoms with E-state index in [1.165, 1.54) is 22.7 Å². The standard InChI is InChI=1S/C16H13F2NO3S3/c17-12-2-1-3-13(18)16(12)25(21,22)19-8-11-4-5-14(24-11)15(20)10-6-7-23-9-10/h1-7,9,15,19-20H,8H2. The van der Waals surface area contributed by atoms with Crippen LogP contribution < -0.4 is 4.72 Å². The van der Waals surface area contributed by atoms with Crippen molar-refractivity contribution >= 4 is 32.7 Å². The molecule has 132 valence electrons. The summed E-state index contributed by atoms with van der Waals surface area (Å²) in [7, 11) is -4.33. The molecule has 2 N–H and O–H groups in total. The maximum atomic E-state index is 13.7. The van der Waals surface area contributed by atoms with Gasteiger partial charge in [0, 0.05) is 16.3 Å². The van der Waals surface area contributed by atoms with E-state index < -0.39 is 32.7 Å². The molecule has 0 aliphatic heterocycles. The van der Waals surface area contributed by atoms with E-state index in [1.807, 2.05) is 10.8 Å². The summed E-state index contributed by atoms with van der Waals surface area (Å²) in [5.74, 6) is -2.29. The topological polar surface area (TPSA) is 66.4 Å². The van der Waals surface area contributed by atoms with Gasteiger partial charge in [-0.2, -0.15) is 11.3 Å². The van der Waals surface area contributed by atoms with Crippen molar-refractivity contribution in [1.29, 1.82) is 0 Å². The normalized spacial score (nSPS) is 13.1. The van der Waals surface area contributed by atoms with Gasteiger partial charge in [0.2, 0.25) is 10.0 Å². The first-order chi connectivity index (χ1) is 11.9. The molecule has 2 aromatic heterocycles. The number of nitrogens with one attached hydrogen (secondary N) is 1. The molecule has 4 nitrogen and oxygen atoms in total. The van der Waals surface area contributed by atoms with Gasteiger partial charge in [-0.05, 0) is 46.7 Å². The minimum atomic E-state index is -4.33. The average Bonchev–Trinajstić information content (AvgIpc) is 3.24. The van der Waals surface area contributed by atoms with Gasteiger partial charge < -0.3 is 5.11 Å². The predicted octanol–water partition coefficient (Wildman–Crippen LogP) is 3.65. The summed E-state index contributed by atoms with van der Waals surface area (Å²) in [5.41, 5.74) is 0.757. The molecule has 9 heteroatoms. The molecule has 0 aliphatic rings. The van der Waals surface area contributed by atoms with Gasteiger partial charge in [0.25, 0.3) is 0 Å². The Morgan fingerprint density at radius 1 is 1.12 bits per heavy atom. The number of aliphatic hydroxyl groups excluding tert-OH is 1. The predicted molar refractivity (Wildman–Crippen MR) is 93.1 cm³/mol. The van der Waals surface area contributed by atoms with Crippen LogP contribution in [0.25, 0.3) is 0 Å². The van der Waals surface area contributed by atoms with Gasteiger partial charge in [-0.3, -0.25) is 0 Å². The van der Waals surface area contributed by atoms with Gasteiger partial charge >= 0.3 is 0 Å². The molecule has 0 saturated heterocycles. The maximum absolute atomic E-state index is 13.7. The summed E-state index contributed by atoms with van der Waals surface area (Å²) in [6.45, 7) is -0.128. The lowest BCUT2D eigenvalue weighted by molar-refractivity contribution is 0.224. The first-order valence-corrected chi connectivity index (χ1v) is 10.3. The van der Waals surface area contributed by atoms with E-state index in [0.717, 1.165) is 23.8 Å². The summed E-state index contributed by atoms with van der Waals surface area (Å²) < 4.78 is 53.8. The highest BCUT2D eigenvalue weighted by Crippen LogP contribution is 2.30. The minimum absolute atomic E-state index is 0.128. The van der Waals surface area contributed by atoms with Gasteiger partial charge in [-0.25, -0.2) is 21.9 Å². The molecule has 25 heavy (non-hydrogen) atoms. The Morgan fingerprint density at radius 3 is 2.48 bits per heavy atom. The molecule has 0 spiro atoms. The lowest BCUT2D eigenvalue weighted by Crippen LogP contribution is -2.24. The number of hydrogen-bond donors (Lipinski definition) is 2. The van der Waals surface area contributed by atoms with Crippen LogP contribution in [-0.2, 0) is 16.6 Å². The first kappa shape index (κ1) is 18.2. The molecule has 0 radical (unpaired) electrons. The number of aliphatic hydroxyl groups is 1. The SMILES string of the molecule is O=S(=O)(NCc1ccc(C(O)c2ccsc2)s1)c1c(F)cccc1F. The molecule has 0 aliphatic carbocycles. The van der Waals surface area contributed by atoms with E-state index in [-0.39, 0.29) is 6.54 Å². The van der Waals surface area contributed by atoms with Crippen molar-refractivity contribution in [3.8, 4) is 0 Å². The Hall–Kier alpha value is -1.65. The van der Waals surface area contributed by atoms with E-state index in [4.69, 9.17) is 0 Å². The fourth-order valence-corrected chi connectivity index (χ4v) is 5.09. The van der Waals surface area contributed by atoms with Gasteiger partial charge in [0.15, 0.2) is 4.90 Å². The monoisotopic (exact) mass is 401 g/mol. The Balaban J connectivity index is 1.74. The molecule has 1 aromatic carbocycles. The van der Waals surface area contributed by atoms with Gasteiger partial charge in [0.05, 0.1) is 0 Å². The van der Waals surface area contributed by atoms with Crippen LogP contribution in [0, 0.1) is 11.6 Å². The smallest absolute Gasteiger partial charge is 0.246 e. The Labute approximate surface area is 151 Å². The zero-order chi connectivity index (χ0) is 18.0. The molecule has 0 amide bonds. The molecule has 0 saturated carbocycles. The third-order valence-electron chi connectivity index (χ3n) is 3.43. The molecule has 0 fully saturated rings. The largest absolute Gasteiger partial charge is 0.383 e. The Morgan fingerprint density at radius 2 is 1.84 bits per heavy atom. The lowest BCUT2D eigenvalue weighted by atomic mass is 10.2. The maximum Gasteiger partial charge on any atom is 0.246 e. The van der Waals surface area contributed by atoms with Gasteiger partial charge in [0.1, 0.15) is 17.7 Å². The van der Waals surface area contributed by atoms with E-state index in [1.54, 1.807) is 18.2 Å². The Kier molecular flexibility index (Phi) is 5.30. The van der Waals surface area contributed by atoms with Crippen molar-refractivity contribution in [2.24, 2.45) is 0 Å². The van der Waals surface area contributed by atoms with Gasteiger partial charge in [-0.1, -0.05) is 6.07 Å². The molecule has 3 aromatic rings. The molecule has 1 unspecified atom stereocenters. The second-order valence-corrected chi connectivity index (χ2v) is 8.82. The Bertz CT molecular complexity index is 948. The highest BCUT2D eigenvalue weighted by Gasteiger charge is 2.23. The number of halogens is 2. The molecule has 0 bridgehead atoms. The molecule has 3 rings (SSSR count). The number of benzene rings is 1. The van der Waals surface area contributed by atoms with Crippen LogP contribution in [0.2, 0.25) is 0 Å². The van der Waals surface area contributed by atoms with Crippen molar-refractivity contribution in [3.05, 3.63) is 74.1 Å². The minimum Gasteiger partial charge on any atom is -0.383 e. The lowest BCUT2D eigenvalue weighted by Gasteiger charge is -2.08. The number of hydrogen-bond acceptors (Lipinski definition) is 5. The van der Waals surface area contributed by atoms with Crippen LogP contribution in [0.1, 0.15) is 21.4 Å². The third-order valence-corrected chi connectivity index (χ3v) is 6.73. The van der Waals surface area contributed by atoms with E-state index >= 15 is 0 Å². The van der Waals surface area contributed by atoms with Crippen molar-refractivity contribution in [1.82, 2.24) is 4.72 Å². The van der Waals surface area contributed by atoms with Gasteiger partial charge in [-0.15, -0.1) is 11.3 Å². The third kappa shape index (κ3) is 3.96. The van der Waals surface area contributed by atoms with Crippen LogP contribution in [-0.4, -0.2) is 13.5 Å². The van der Waals surface area contributed by atoms with Crippen molar-refractivity contribution in [2.75, 3.05) is 0 Å². The molecular formula is C16H13F2NO3S3. The summed E-state index contributed by atoms with van der Waals surface area (Å²) in [6.07, 6.45) is -0.786. The van der Waals surface area contributed by atoms with Crippen LogP contribution in [0.4, 0.5) is 8.78 Å². The fraction of sp³-hybridized carbons (Fsp3) is 0.125. The molecular weight excluding hydrogens is 388 g/mol. The number of thiophene rings is 2. The second-order valence-electron chi connectivity index (χ2n) is 5.14. The summed E-state index contributed by atoms with van der Waals surface area (Å²) in [6, 6.07) is 8.03. The van der Waals surface area contributed by atoms with Crippen LogP contribution >= 0.6 is 22.7 Å². The highest BCUT2D eigenvalue weighted by atomic mass is 32.2. The molecule has 1 atom stereocenters. The number of rotatable bonds is 6. The molecule has 2 heterocycles. The first-order valence-electron chi connectivity index (χ1n) is 7.11. The zero-order valence-electron chi connectivity index (χ0n) is 12.6. The van der Waals surface area contributed by atoms with Crippen LogP contribution in [0.15, 0.2) is 52.1 Å². The van der Waals surface area contributed by atoms with E-state index in [2.05, 4.69) is 4.72 Å². The summed E-state index contributed by atoms with van der Waals surface area (Å²) in [5, 5.41) is 13.9. The van der Waals surface area contributed by atoms with E-state index in [0.29, 0.717) is 9.75 Å². The van der Waals surface area contributed by atoms with Crippen molar-refractivity contribution in [2.45, 2.75) is 17.5 Å². The fourth-order valence-electron chi connectivity index (χ4n) is 2.21. The van der Waals surface area contributed by atoms with Crippen LogP contribution in [0.3, 0.4) is 0 Å². The average molecular weight is 401 g/mol. The number of sulfonamides is 1. The highest BCUT2D eigenvalue weighted by molar-refractivity contribution is 7.89. The zero-order valence-corrected chi connectivity index (χ0v) is 15.1.